The molecule has 4 aromatic heterocycles. The maximum atomic E-state index is 13.3. The predicted octanol–water partition coefficient (Wildman–Crippen LogP) is 3.62. The molecular weight excluding hydrogens is 500 g/mol. The van der Waals surface area contributed by atoms with E-state index >= 15 is 0 Å². The molecule has 12 heteroatoms. The summed E-state index contributed by atoms with van der Waals surface area (Å²) >= 11 is 3.26. The van der Waals surface area contributed by atoms with E-state index in [2.05, 4.69) is 46.7 Å². The summed E-state index contributed by atoms with van der Waals surface area (Å²) in [5.74, 6) is 2.59. The average molecular weight is 523 g/mol. The van der Waals surface area contributed by atoms with Gasteiger partial charge in [-0.05, 0) is 60.7 Å². The number of carbonyl (C=O) groups excluding carboxylic acids is 1. The van der Waals surface area contributed by atoms with Crippen LogP contribution in [0.5, 0.6) is 0 Å². The van der Waals surface area contributed by atoms with Crippen molar-refractivity contribution < 1.29 is 4.79 Å². The largest absolute Gasteiger partial charge is 0.326 e. The number of carbonyl (C=O) groups is 1. The van der Waals surface area contributed by atoms with E-state index in [9.17, 15) is 4.79 Å². The number of aromatic amines is 1. The minimum Gasteiger partial charge on any atom is -0.326 e. The van der Waals surface area contributed by atoms with Crippen molar-refractivity contribution >= 4 is 51.0 Å². The van der Waals surface area contributed by atoms with Crippen LogP contribution >= 0.6 is 15.9 Å². The second-order valence-corrected chi connectivity index (χ2v) is 9.71. The van der Waals surface area contributed by atoms with Crippen LogP contribution in [0.2, 0.25) is 0 Å². The number of amides is 1. The molecule has 1 aliphatic carbocycles. The summed E-state index contributed by atoms with van der Waals surface area (Å²) in [7, 11) is 0. The van der Waals surface area contributed by atoms with E-state index in [1.807, 2.05) is 40.6 Å². The van der Waals surface area contributed by atoms with Crippen LogP contribution in [0.4, 0.5) is 23.5 Å². The van der Waals surface area contributed by atoms with Crippen LogP contribution < -0.4 is 15.5 Å². The van der Waals surface area contributed by atoms with Gasteiger partial charge in [-0.1, -0.05) is 0 Å². The Labute approximate surface area is 203 Å². The number of hydrogen-bond donors (Lipinski definition) is 3. The highest BCUT2D eigenvalue weighted by Crippen LogP contribution is 2.40. The summed E-state index contributed by atoms with van der Waals surface area (Å²) in [5.41, 5.74) is 1.04. The lowest BCUT2D eigenvalue weighted by Gasteiger charge is -2.33. The zero-order chi connectivity index (χ0) is 23.3. The van der Waals surface area contributed by atoms with Crippen LogP contribution in [-0.2, 0) is 4.79 Å². The maximum Gasteiger partial charge on any atom is 0.251 e. The van der Waals surface area contributed by atoms with E-state index in [0.29, 0.717) is 47.0 Å². The van der Waals surface area contributed by atoms with Crippen molar-refractivity contribution in [1.82, 2.24) is 34.5 Å². The molecule has 6 rings (SSSR count). The van der Waals surface area contributed by atoms with Crippen molar-refractivity contribution in [2.75, 3.05) is 22.1 Å². The molecule has 0 spiro atoms. The molecule has 174 valence electrons. The van der Waals surface area contributed by atoms with E-state index in [0.717, 1.165) is 17.8 Å². The van der Waals surface area contributed by atoms with E-state index < -0.39 is 5.54 Å². The number of hydrogen-bond acceptors (Lipinski definition) is 8. The van der Waals surface area contributed by atoms with Gasteiger partial charge in [0.05, 0.1) is 12.4 Å². The third-order valence-electron chi connectivity index (χ3n) is 6.46. The first kappa shape index (κ1) is 21.0. The Morgan fingerprint density at radius 3 is 2.91 bits per heavy atom. The van der Waals surface area contributed by atoms with E-state index in [4.69, 9.17) is 9.97 Å². The zero-order valence-corrected chi connectivity index (χ0v) is 20.1. The van der Waals surface area contributed by atoms with Gasteiger partial charge in [-0.15, -0.1) is 0 Å². The summed E-state index contributed by atoms with van der Waals surface area (Å²) in [6.07, 6.45) is 8.89. The fourth-order valence-electron chi connectivity index (χ4n) is 4.39. The first-order valence-corrected chi connectivity index (χ1v) is 12.0. The standard InChI is InChI=1S/C22H23BrN10O/c1-22(19(34)26-17-12-24-15(23)11-25-17)7-3-9-33(22)21-28-18-4-2-8-32(18)20(29-21)27-16-10-14(30-31-16)13-5-6-13/h2,4,8,10-13H,3,5-7,9H2,1H3,(H,25,26,34)(H2,27,28,29,30,31)/t22-/m0/s1. The van der Waals surface area contributed by atoms with Crippen LogP contribution in [0.15, 0.2) is 41.4 Å². The molecule has 0 aromatic carbocycles. The van der Waals surface area contributed by atoms with Crippen LogP contribution in [0.3, 0.4) is 0 Å². The van der Waals surface area contributed by atoms with Crippen molar-refractivity contribution in [2.24, 2.45) is 0 Å². The molecule has 3 N–H and O–H groups in total. The van der Waals surface area contributed by atoms with Gasteiger partial charge < -0.3 is 15.5 Å². The van der Waals surface area contributed by atoms with Gasteiger partial charge in [0.25, 0.3) is 5.91 Å². The van der Waals surface area contributed by atoms with Crippen LogP contribution in [-0.4, -0.2) is 52.5 Å². The van der Waals surface area contributed by atoms with Gasteiger partial charge in [0.2, 0.25) is 11.9 Å². The Balaban J connectivity index is 1.31. The molecule has 1 saturated heterocycles. The minimum atomic E-state index is -0.831. The van der Waals surface area contributed by atoms with E-state index in [1.165, 1.54) is 19.0 Å². The number of anilines is 4. The molecule has 11 nitrogen and oxygen atoms in total. The maximum absolute atomic E-state index is 13.3. The molecule has 1 aliphatic heterocycles. The van der Waals surface area contributed by atoms with Gasteiger partial charge in [0, 0.05) is 30.4 Å². The number of aromatic nitrogens is 7. The molecule has 1 amide bonds. The average Bonchev–Trinajstić information content (AvgIpc) is 3.20. The van der Waals surface area contributed by atoms with Gasteiger partial charge in [-0.2, -0.15) is 15.1 Å². The summed E-state index contributed by atoms with van der Waals surface area (Å²) in [6, 6.07) is 5.87. The summed E-state index contributed by atoms with van der Waals surface area (Å²) < 4.78 is 2.48. The fourth-order valence-corrected chi connectivity index (χ4v) is 4.60. The first-order valence-electron chi connectivity index (χ1n) is 11.2. The molecule has 0 unspecified atom stereocenters. The molecule has 0 bridgehead atoms. The second kappa shape index (κ2) is 8.05. The number of nitrogens with zero attached hydrogens (tertiary/aromatic N) is 7. The van der Waals surface area contributed by atoms with Crippen molar-refractivity contribution in [2.45, 2.75) is 44.1 Å². The predicted molar refractivity (Wildman–Crippen MR) is 130 cm³/mol. The van der Waals surface area contributed by atoms with Crippen molar-refractivity contribution in [3.63, 3.8) is 0 Å². The van der Waals surface area contributed by atoms with Crippen molar-refractivity contribution in [3.05, 3.63) is 47.1 Å². The van der Waals surface area contributed by atoms with Crippen molar-refractivity contribution in [1.29, 1.82) is 0 Å². The molecule has 4 aromatic rings. The molecule has 2 fully saturated rings. The Hall–Kier alpha value is -3.54. The highest BCUT2D eigenvalue weighted by molar-refractivity contribution is 9.10. The highest BCUT2D eigenvalue weighted by Gasteiger charge is 2.45. The second-order valence-electron chi connectivity index (χ2n) is 8.90. The van der Waals surface area contributed by atoms with E-state index in [-0.39, 0.29) is 5.91 Å². The quantitative estimate of drug-likeness (QED) is 0.350. The molecule has 2 aliphatic rings. The molecule has 5 heterocycles. The van der Waals surface area contributed by atoms with Crippen LogP contribution in [0.25, 0.3) is 5.65 Å². The van der Waals surface area contributed by atoms with Gasteiger partial charge >= 0.3 is 0 Å². The number of H-pyrrole nitrogens is 1. The summed E-state index contributed by atoms with van der Waals surface area (Å²) in [6.45, 7) is 2.58. The Morgan fingerprint density at radius 1 is 1.24 bits per heavy atom. The Bertz CT molecular complexity index is 1360. The first-order chi connectivity index (χ1) is 16.5. The minimum absolute atomic E-state index is 0.170. The van der Waals surface area contributed by atoms with Gasteiger partial charge in [0.15, 0.2) is 11.6 Å². The third kappa shape index (κ3) is 3.77. The van der Waals surface area contributed by atoms with Gasteiger partial charge in [0.1, 0.15) is 15.8 Å². The fraction of sp³-hybridized carbons (Fsp3) is 0.364. The number of nitrogens with one attached hydrogen (secondary N) is 3. The third-order valence-corrected chi connectivity index (χ3v) is 6.87. The van der Waals surface area contributed by atoms with Crippen molar-refractivity contribution in [3.8, 4) is 0 Å². The lowest BCUT2D eigenvalue weighted by Crippen LogP contribution is -2.51. The zero-order valence-electron chi connectivity index (χ0n) is 18.5. The molecule has 0 radical (unpaired) electrons. The lowest BCUT2D eigenvalue weighted by molar-refractivity contribution is -0.120. The number of fused-ring (bicyclic) bond motifs is 1. The van der Waals surface area contributed by atoms with Gasteiger partial charge in [-0.3, -0.25) is 14.3 Å². The molecule has 1 atom stereocenters. The number of halogens is 1. The monoisotopic (exact) mass is 522 g/mol. The van der Waals surface area contributed by atoms with Crippen LogP contribution in [0.1, 0.15) is 44.2 Å². The smallest absolute Gasteiger partial charge is 0.251 e. The topological polar surface area (TPSA) is 129 Å². The summed E-state index contributed by atoms with van der Waals surface area (Å²) in [5, 5.41) is 13.7. The molecule has 1 saturated carbocycles. The summed E-state index contributed by atoms with van der Waals surface area (Å²) in [4.78, 5) is 33.2. The lowest BCUT2D eigenvalue weighted by atomic mass is 9.98. The normalized spacial score (nSPS) is 20.1. The van der Waals surface area contributed by atoms with Crippen LogP contribution in [0, 0.1) is 0 Å². The Kier molecular flexibility index (Phi) is 4.97. The van der Waals surface area contributed by atoms with Gasteiger partial charge in [-0.25, -0.2) is 9.97 Å². The number of rotatable bonds is 6. The Morgan fingerprint density at radius 2 is 2.12 bits per heavy atom. The molecular formula is C22H23BrN10O. The SMILES string of the molecule is C[C@@]1(C(=O)Nc2cnc(Br)cn2)CCCN1c1nc(Nc2cc(C3CC3)[nH]n2)n2cccc2n1. The molecule has 34 heavy (non-hydrogen) atoms. The van der Waals surface area contributed by atoms with E-state index in [1.54, 1.807) is 6.20 Å². The highest BCUT2D eigenvalue weighted by atomic mass is 79.9.